The third-order valence-corrected chi connectivity index (χ3v) is 5.86. The molecule has 0 bridgehead atoms. The lowest BCUT2D eigenvalue weighted by molar-refractivity contribution is 0.0956. The predicted molar refractivity (Wildman–Crippen MR) is 81.5 cm³/mol. The molecule has 110 valence electrons. The largest absolute Gasteiger partial charge is 0.351 e. The number of hydrogen-bond donors (Lipinski definition) is 1. The van der Waals surface area contributed by atoms with Crippen LogP contribution in [0.25, 0.3) is 0 Å². The summed E-state index contributed by atoms with van der Waals surface area (Å²) in [7, 11) is -3.26. The van der Waals surface area contributed by atoms with Crippen molar-refractivity contribution in [1.82, 2.24) is 9.62 Å². The van der Waals surface area contributed by atoms with Gasteiger partial charge in [-0.05, 0) is 12.1 Å². The van der Waals surface area contributed by atoms with Crippen molar-refractivity contribution in [3.05, 3.63) is 35.9 Å². The van der Waals surface area contributed by atoms with Crippen LogP contribution in [0.3, 0.4) is 0 Å². The van der Waals surface area contributed by atoms with Gasteiger partial charge in [-0.1, -0.05) is 18.2 Å². The van der Waals surface area contributed by atoms with Gasteiger partial charge in [0.15, 0.2) is 0 Å². The van der Waals surface area contributed by atoms with Crippen LogP contribution < -0.4 is 5.32 Å². The summed E-state index contributed by atoms with van der Waals surface area (Å²) in [5.74, 6) is 1.40. The number of nitrogens with one attached hydrogen (secondary N) is 1. The molecule has 1 saturated heterocycles. The summed E-state index contributed by atoms with van der Waals surface area (Å²) in [6, 6.07) is 8.78. The second-order valence-electron chi connectivity index (χ2n) is 4.45. The van der Waals surface area contributed by atoms with Crippen molar-refractivity contribution >= 4 is 27.7 Å². The van der Waals surface area contributed by atoms with Gasteiger partial charge in [0.2, 0.25) is 10.0 Å². The van der Waals surface area contributed by atoms with E-state index in [0.717, 1.165) is 11.5 Å². The number of carbonyl (C=O) groups is 1. The topological polar surface area (TPSA) is 66.5 Å². The Bertz CT molecular complexity index is 540. The van der Waals surface area contributed by atoms with Gasteiger partial charge in [-0.3, -0.25) is 4.79 Å². The number of nitrogens with zero attached hydrogens (tertiary/aromatic N) is 1. The van der Waals surface area contributed by atoms with Gasteiger partial charge in [0, 0.05) is 36.7 Å². The van der Waals surface area contributed by atoms with Crippen molar-refractivity contribution in [2.45, 2.75) is 0 Å². The average Bonchev–Trinajstić information content (AvgIpc) is 2.49. The van der Waals surface area contributed by atoms with Crippen LogP contribution in [0.15, 0.2) is 30.3 Å². The monoisotopic (exact) mass is 314 g/mol. The first-order valence-corrected chi connectivity index (χ1v) is 9.25. The molecular formula is C13H18N2O3S2. The van der Waals surface area contributed by atoms with Crippen molar-refractivity contribution in [2.24, 2.45) is 0 Å². The molecule has 0 aliphatic carbocycles. The minimum absolute atomic E-state index is 0.0454. The molecule has 1 aromatic carbocycles. The standard InChI is InChI=1S/C13H18N2O3S2/c16-13(12-4-2-1-3-5-12)14-6-11-20(17,18)15-7-9-19-10-8-15/h1-5H,6-11H2,(H,14,16). The van der Waals surface area contributed by atoms with Crippen LogP contribution >= 0.6 is 11.8 Å². The van der Waals surface area contributed by atoms with Crippen molar-refractivity contribution in [1.29, 1.82) is 0 Å². The third-order valence-electron chi connectivity index (χ3n) is 3.04. The van der Waals surface area contributed by atoms with Crippen LogP contribution in [0.5, 0.6) is 0 Å². The number of amides is 1. The maximum absolute atomic E-state index is 12.1. The second-order valence-corrected chi connectivity index (χ2v) is 7.76. The first-order valence-electron chi connectivity index (χ1n) is 6.48. The van der Waals surface area contributed by atoms with Gasteiger partial charge in [0.05, 0.1) is 5.75 Å². The number of rotatable bonds is 5. The Kier molecular flexibility index (Phi) is 5.45. The van der Waals surface area contributed by atoms with Crippen molar-refractivity contribution in [3.63, 3.8) is 0 Å². The summed E-state index contributed by atoms with van der Waals surface area (Å²) in [6.45, 7) is 1.28. The van der Waals surface area contributed by atoms with Crippen LogP contribution in [0.2, 0.25) is 0 Å². The highest BCUT2D eigenvalue weighted by molar-refractivity contribution is 7.99. The van der Waals surface area contributed by atoms with Gasteiger partial charge in [0.1, 0.15) is 0 Å². The summed E-state index contributed by atoms with van der Waals surface area (Å²) in [4.78, 5) is 11.8. The zero-order chi connectivity index (χ0) is 14.4. The molecule has 1 heterocycles. The molecular weight excluding hydrogens is 296 g/mol. The van der Waals surface area contributed by atoms with Crippen molar-refractivity contribution in [3.8, 4) is 0 Å². The van der Waals surface area contributed by atoms with Crippen LogP contribution in [0.4, 0.5) is 0 Å². The van der Waals surface area contributed by atoms with E-state index in [-0.39, 0.29) is 18.2 Å². The van der Waals surface area contributed by atoms with Crippen LogP contribution in [0.1, 0.15) is 10.4 Å². The molecule has 1 aliphatic heterocycles. The van der Waals surface area contributed by atoms with Gasteiger partial charge >= 0.3 is 0 Å². The van der Waals surface area contributed by atoms with E-state index in [0.29, 0.717) is 18.7 Å². The lowest BCUT2D eigenvalue weighted by atomic mass is 10.2. The molecule has 0 unspecified atom stereocenters. The fraction of sp³-hybridized carbons (Fsp3) is 0.462. The smallest absolute Gasteiger partial charge is 0.251 e. The normalized spacial score (nSPS) is 16.8. The van der Waals surface area contributed by atoms with Crippen LogP contribution in [-0.4, -0.2) is 55.5 Å². The van der Waals surface area contributed by atoms with E-state index in [1.54, 1.807) is 36.0 Å². The van der Waals surface area contributed by atoms with Gasteiger partial charge in [-0.2, -0.15) is 11.8 Å². The highest BCUT2D eigenvalue weighted by Crippen LogP contribution is 2.13. The molecule has 0 aromatic heterocycles. The Morgan fingerprint density at radius 1 is 1.20 bits per heavy atom. The highest BCUT2D eigenvalue weighted by Gasteiger charge is 2.23. The van der Waals surface area contributed by atoms with Gasteiger partial charge in [-0.15, -0.1) is 0 Å². The van der Waals surface area contributed by atoms with E-state index in [1.807, 2.05) is 6.07 Å². The van der Waals surface area contributed by atoms with Crippen LogP contribution in [-0.2, 0) is 10.0 Å². The third kappa shape index (κ3) is 4.22. The molecule has 1 N–H and O–H groups in total. The fourth-order valence-corrected chi connectivity index (χ4v) is 4.43. The maximum atomic E-state index is 12.1. The summed E-state index contributed by atoms with van der Waals surface area (Å²) in [5, 5.41) is 2.64. The highest BCUT2D eigenvalue weighted by atomic mass is 32.2. The zero-order valence-corrected chi connectivity index (χ0v) is 12.8. The lowest BCUT2D eigenvalue weighted by Crippen LogP contribution is -2.41. The number of sulfonamides is 1. The van der Waals surface area contributed by atoms with E-state index in [9.17, 15) is 13.2 Å². The Balaban J connectivity index is 1.81. The average molecular weight is 314 g/mol. The zero-order valence-electron chi connectivity index (χ0n) is 11.1. The Labute approximate surface area is 123 Å². The minimum atomic E-state index is -3.26. The molecule has 20 heavy (non-hydrogen) atoms. The molecule has 0 spiro atoms. The van der Waals surface area contributed by atoms with Crippen LogP contribution in [0, 0.1) is 0 Å². The summed E-state index contributed by atoms with van der Waals surface area (Å²) in [5.41, 5.74) is 0.541. The van der Waals surface area contributed by atoms with E-state index >= 15 is 0 Å². The molecule has 1 aromatic rings. The number of thioether (sulfide) groups is 1. The molecule has 1 fully saturated rings. The minimum Gasteiger partial charge on any atom is -0.351 e. The van der Waals surface area contributed by atoms with E-state index in [4.69, 9.17) is 0 Å². The van der Waals surface area contributed by atoms with Crippen molar-refractivity contribution < 1.29 is 13.2 Å². The Morgan fingerprint density at radius 3 is 2.50 bits per heavy atom. The summed E-state index contributed by atoms with van der Waals surface area (Å²) < 4.78 is 25.7. The lowest BCUT2D eigenvalue weighted by Gasteiger charge is -2.25. The van der Waals surface area contributed by atoms with E-state index in [2.05, 4.69) is 5.32 Å². The van der Waals surface area contributed by atoms with Gasteiger partial charge < -0.3 is 5.32 Å². The van der Waals surface area contributed by atoms with Gasteiger partial charge in [0.25, 0.3) is 5.91 Å². The quantitative estimate of drug-likeness (QED) is 0.873. The fourth-order valence-electron chi connectivity index (χ4n) is 1.94. The van der Waals surface area contributed by atoms with Gasteiger partial charge in [-0.25, -0.2) is 12.7 Å². The predicted octanol–water partition coefficient (Wildman–Crippen LogP) is 0.795. The maximum Gasteiger partial charge on any atom is 0.251 e. The molecule has 5 nitrogen and oxygen atoms in total. The first kappa shape index (κ1) is 15.3. The SMILES string of the molecule is O=C(NCCS(=O)(=O)N1CCSCC1)c1ccccc1. The number of benzene rings is 1. The second kappa shape index (κ2) is 7.10. The molecule has 1 amide bonds. The molecule has 2 rings (SSSR count). The van der Waals surface area contributed by atoms with Crippen molar-refractivity contribution in [2.75, 3.05) is 36.9 Å². The Hall–Kier alpha value is -1.05. The molecule has 7 heteroatoms. The number of carbonyl (C=O) groups excluding carboxylic acids is 1. The molecule has 0 radical (unpaired) electrons. The van der Waals surface area contributed by atoms with E-state index in [1.165, 1.54) is 4.31 Å². The number of hydrogen-bond acceptors (Lipinski definition) is 4. The first-order chi connectivity index (χ1) is 9.59. The molecule has 0 saturated carbocycles. The van der Waals surface area contributed by atoms with E-state index < -0.39 is 10.0 Å². The molecule has 1 aliphatic rings. The Morgan fingerprint density at radius 2 is 1.85 bits per heavy atom. The summed E-state index contributed by atoms with van der Waals surface area (Å²) in [6.07, 6.45) is 0. The summed E-state index contributed by atoms with van der Waals surface area (Å²) >= 11 is 1.76. The molecule has 0 atom stereocenters.